The molecule has 0 bridgehead atoms. The molecule has 2 nitrogen and oxygen atoms in total. The highest BCUT2D eigenvalue weighted by molar-refractivity contribution is 5.82. The average molecular weight is 270 g/mol. The molecule has 0 saturated heterocycles. The van der Waals surface area contributed by atoms with Gasteiger partial charge in [-0.15, -0.1) is 0 Å². The van der Waals surface area contributed by atoms with Crippen molar-refractivity contribution < 1.29 is 0 Å². The number of nitrogens with one attached hydrogen (secondary N) is 1. The summed E-state index contributed by atoms with van der Waals surface area (Å²) in [5.74, 6) is 1.06. The molecule has 2 heteroatoms. The van der Waals surface area contributed by atoms with Crippen molar-refractivity contribution in [3.63, 3.8) is 0 Å². The third-order valence-corrected chi connectivity index (χ3v) is 3.96. The van der Waals surface area contributed by atoms with Crippen LogP contribution in [0.1, 0.15) is 46.1 Å². The molecule has 0 fully saturated rings. The maximum atomic E-state index is 4.57. The smallest absolute Gasteiger partial charge is 0.0736 e. The molecular weight excluding hydrogens is 244 g/mol. The number of nitrogens with zero attached hydrogens (tertiary/aromatic N) is 1. The number of benzene rings is 1. The number of aromatic nitrogens is 1. The van der Waals surface area contributed by atoms with Crippen LogP contribution in [-0.4, -0.2) is 17.1 Å². The number of hydrogen-bond donors (Lipinski definition) is 1. The number of fused-ring (bicyclic) bond motifs is 1. The first kappa shape index (κ1) is 15.0. The lowest BCUT2D eigenvalue weighted by Gasteiger charge is -2.27. The van der Waals surface area contributed by atoms with Gasteiger partial charge in [0, 0.05) is 17.1 Å². The van der Waals surface area contributed by atoms with E-state index in [1.54, 1.807) is 0 Å². The van der Waals surface area contributed by atoms with Crippen molar-refractivity contribution in [2.24, 2.45) is 5.92 Å². The fourth-order valence-corrected chi connectivity index (χ4v) is 2.45. The van der Waals surface area contributed by atoms with Gasteiger partial charge in [-0.3, -0.25) is 4.98 Å². The van der Waals surface area contributed by atoms with E-state index in [0.29, 0.717) is 11.8 Å². The molecule has 0 spiro atoms. The van der Waals surface area contributed by atoms with E-state index in [9.17, 15) is 0 Å². The Balaban J connectivity index is 2.20. The first-order valence-electron chi connectivity index (χ1n) is 7.47. The minimum Gasteiger partial charge on any atom is -0.312 e. The molecule has 1 heterocycles. The Morgan fingerprint density at radius 3 is 2.50 bits per heavy atom. The fourth-order valence-electron chi connectivity index (χ4n) is 2.45. The van der Waals surface area contributed by atoms with E-state index >= 15 is 0 Å². The standard InChI is InChI=1S/C18H26N2/c1-13(12-20-18(3,4)5)14(2)16-10-6-8-15-9-7-11-19-17(15)16/h6-11,13-14,20H,12H2,1-5H3. The summed E-state index contributed by atoms with van der Waals surface area (Å²) in [5.41, 5.74) is 2.67. The van der Waals surface area contributed by atoms with E-state index in [-0.39, 0.29) is 5.54 Å². The molecule has 0 amide bonds. The van der Waals surface area contributed by atoms with Gasteiger partial charge in [-0.25, -0.2) is 0 Å². The van der Waals surface area contributed by atoms with Crippen molar-refractivity contribution >= 4 is 10.9 Å². The first-order chi connectivity index (χ1) is 9.38. The monoisotopic (exact) mass is 270 g/mol. The zero-order valence-corrected chi connectivity index (χ0v) is 13.3. The van der Waals surface area contributed by atoms with Crippen molar-refractivity contribution in [1.29, 1.82) is 0 Å². The highest BCUT2D eigenvalue weighted by Crippen LogP contribution is 2.29. The van der Waals surface area contributed by atoms with Crippen molar-refractivity contribution in [2.45, 2.75) is 46.1 Å². The summed E-state index contributed by atoms with van der Waals surface area (Å²) in [7, 11) is 0. The summed E-state index contributed by atoms with van der Waals surface area (Å²) < 4.78 is 0. The molecule has 1 N–H and O–H groups in total. The van der Waals surface area contributed by atoms with Crippen molar-refractivity contribution in [3.8, 4) is 0 Å². The zero-order valence-electron chi connectivity index (χ0n) is 13.3. The van der Waals surface area contributed by atoms with E-state index < -0.39 is 0 Å². The van der Waals surface area contributed by atoms with E-state index in [4.69, 9.17) is 0 Å². The van der Waals surface area contributed by atoms with Gasteiger partial charge in [-0.1, -0.05) is 38.1 Å². The van der Waals surface area contributed by atoms with Crippen LogP contribution in [0.25, 0.3) is 10.9 Å². The third kappa shape index (κ3) is 3.57. The molecule has 108 valence electrons. The molecule has 2 aromatic rings. The summed E-state index contributed by atoms with van der Waals surface area (Å²) in [6.07, 6.45) is 1.89. The Labute approximate surface area is 122 Å². The van der Waals surface area contributed by atoms with Crippen LogP contribution in [0.3, 0.4) is 0 Å². The number of para-hydroxylation sites is 1. The maximum absolute atomic E-state index is 4.57. The molecule has 1 aromatic carbocycles. The van der Waals surface area contributed by atoms with Crippen LogP contribution in [-0.2, 0) is 0 Å². The average Bonchev–Trinajstić information content (AvgIpc) is 2.42. The predicted molar refractivity (Wildman–Crippen MR) is 87.1 cm³/mol. The predicted octanol–water partition coefficient (Wildman–Crippen LogP) is 4.36. The summed E-state index contributed by atoms with van der Waals surface area (Å²) in [5, 5.41) is 4.83. The highest BCUT2D eigenvalue weighted by Gasteiger charge is 2.19. The van der Waals surface area contributed by atoms with Crippen LogP contribution in [0.5, 0.6) is 0 Å². The van der Waals surface area contributed by atoms with Crippen LogP contribution < -0.4 is 5.32 Å². The van der Waals surface area contributed by atoms with Gasteiger partial charge in [0.25, 0.3) is 0 Å². The Morgan fingerprint density at radius 2 is 1.80 bits per heavy atom. The number of hydrogen-bond acceptors (Lipinski definition) is 2. The molecule has 1 aromatic heterocycles. The van der Waals surface area contributed by atoms with E-state index in [2.05, 4.69) is 69.2 Å². The Hall–Kier alpha value is -1.41. The first-order valence-corrected chi connectivity index (χ1v) is 7.47. The molecular formula is C18H26N2. The van der Waals surface area contributed by atoms with E-state index in [1.165, 1.54) is 10.9 Å². The summed E-state index contributed by atoms with van der Waals surface area (Å²) >= 11 is 0. The van der Waals surface area contributed by atoms with Crippen molar-refractivity contribution in [1.82, 2.24) is 10.3 Å². The lowest BCUT2D eigenvalue weighted by atomic mass is 9.87. The van der Waals surface area contributed by atoms with Crippen LogP contribution in [0, 0.1) is 5.92 Å². The topological polar surface area (TPSA) is 24.9 Å². The second-order valence-corrected chi connectivity index (χ2v) is 6.82. The molecule has 0 aliphatic carbocycles. The summed E-state index contributed by atoms with van der Waals surface area (Å²) in [6, 6.07) is 10.6. The fraction of sp³-hybridized carbons (Fsp3) is 0.500. The molecule has 0 radical (unpaired) electrons. The quantitative estimate of drug-likeness (QED) is 0.892. The zero-order chi connectivity index (χ0) is 14.8. The molecule has 0 saturated carbocycles. The number of pyridine rings is 1. The van der Waals surface area contributed by atoms with Gasteiger partial charge in [0.15, 0.2) is 0 Å². The maximum Gasteiger partial charge on any atom is 0.0736 e. The van der Waals surface area contributed by atoms with Gasteiger partial charge in [0.1, 0.15) is 0 Å². The van der Waals surface area contributed by atoms with Crippen LogP contribution in [0.4, 0.5) is 0 Å². The van der Waals surface area contributed by atoms with Gasteiger partial charge in [-0.2, -0.15) is 0 Å². The number of rotatable bonds is 4. The lowest BCUT2D eigenvalue weighted by molar-refractivity contribution is 0.360. The van der Waals surface area contributed by atoms with Crippen molar-refractivity contribution in [2.75, 3.05) is 6.54 Å². The Morgan fingerprint density at radius 1 is 1.10 bits per heavy atom. The van der Waals surface area contributed by atoms with Gasteiger partial charge < -0.3 is 5.32 Å². The van der Waals surface area contributed by atoms with Gasteiger partial charge in [0.2, 0.25) is 0 Å². The van der Waals surface area contributed by atoms with Crippen LogP contribution in [0.15, 0.2) is 36.5 Å². The molecule has 20 heavy (non-hydrogen) atoms. The van der Waals surface area contributed by atoms with E-state index in [0.717, 1.165) is 12.1 Å². The van der Waals surface area contributed by atoms with Crippen LogP contribution >= 0.6 is 0 Å². The third-order valence-electron chi connectivity index (χ3n) is 3.96. The minimum atomic E-state index is 0.172. The van der Waals surface area contributed by atoms with E-state index in [1.807, 2.05) is 12.3 Å². The minimum absolute atomic E-state index is 0.172. The Kier molecular flexibility index (Phi) is 4.44. The summed E-state index contributed by atoms with van der Waals surface area (Å²) in [6.45, 7) is 12.3. The molecule has 2 unspecified atom stereocenters. The molecule has 0 aliphatic rings. The van der Waals surface area contributed by atoms with Crippen LogP contribution in [0.2, 0.25) is 0 Å². The Bertz CT molecular complexity index is 564. The largest absolute Gasteiger partial charge is 0.312 e. The SMILES string of the molecule is CC(CNC(C)(C)C)C(C)c1cccc2cccnc12. The lowest BCUT2D eigenvalue weighted by Crippen LogP contribution is -2.39. The normalized spacial score (nSPS) is 15.2. The van der Waals surface area contributed by atoms with Crippen molar-refractivity contribution in [3.05, 3.63) is 42.1 Å². The molecule has 2 rings (SSSR count). The van der Waals surface area contributed by atoms with Gasteiger partial charge >= 0.3 is 0 Å². The summed E-state index contributed by atoms with van der Waals surface area (Å²) in [4.78, 5) is 4.57. The highest BCUT2D eigenvalue weighted by atomic mass is 14.9. The molecule has 2 atom stereocenters. The van der Waals surface area contributed by atoms with Gasteiger partial charge in [-0.05, 0) is 50.8 Å². The second kappa shape index (κ2) is 5.92. The van der Waals surface area contributed by atoms with Gasteiger partial charge in [0.05, 0.1) is 5.52 Å². The molecule has 0 aliphatic heterocycles. The second-order valence-electron chi connectivity index (χ2n) is 6.82.